The summed E-state index contributed by atoms with van der Waals surface area (Å²) < 4.78 is 10.8. The number of aliphatic hydroxyl groups is 8. The Kier molecular flexibility index (Phi) is 8.61. The standard InChI is InChI=1S/C15H28N2O11S/c16-3(2-29)14(26)17-5-7(20)6(19)4(1-18)27-15(5)28-13-11(24)9(22)8(21)10(23)12(13)25/h3-13,15,18-25,29H,1-2,16H2,(H,17,26)/t3-,4+,5+,6+,7+,8?,9-,10+,11+,12+,13?,15+/m0/s1. The number of rotatable bonds is 6. The van der Waals surface area contributed by atoms with Crippen LogP contribution in [0.4, 0.5) is 0 Å². The van der Waals surface area contributed by atoms with Crippen LogP contribution in [0.15, 0.2) is 0 Å². The molecule has 2 unspecified atom stereocenters. The molecule has 1 aliphatic heterocycles. The summed E-state index contributed by atoms with van der Waals surface area (Å²) in [5.41, 5.74) is 5.56. The molecule has 2 fully saturated rings. The maximum atomic E-state index is 12.1. The van der Waals surface area contributed by atoms with Crippen molar-refractivity contribution < 1.29 is 55.1 Å². The summed E-state index contributed by atoms with van der Waals surface area (Å²) in [4.78, 5) is 12.1. The predicted molar refractivity (Wildman–Crippen MR) is 96.4 cm³/mol. The number of ether oxygens (including phenoxy) is 2. The Labute approximate surface area is 171 Å². The SMILES string of the molecule is N[C@@H](CS)C(=O)N[C@H]1[C@@H](OC2[C@H](O)[C@H](O)C(O)[C@H](O)[C@H]2O)O[C@H](CO)[C@@H](O)[C@@H]1O. The van der Waals surface area contributed by atoms with Crippen molar-refractivity contribution in [1.29, 1.82) is 0 Å². The zero-order valence-electron chi connectivity index (χ0n) is 15.2. The number of hydrogen-bond donors (Lipinski definition) is 11. The van der Waals surface area contributed by atoms with Crippen LogP contribution in [-0.4, -0.2) is 132 Å². The maximum absolute atomic E-state index is 12.1. The molecule has 170 valence electrons. The van der Waals surface area contributed by atoms with Gasteiger partial charge in [-0.1, -0.05) is 0 Å². The van der Waals surface area contributed by atoms with Crippen molar-refractivity contribution >= 4 is 18.5 Å². The summed E-state index contributed by atoms with van der Waals surface area (Å²) in [5.74, 6) is -0.824. The first-order valence-electron chi connectivity index (χ1n) is 8.90. The normalized spacial score (nSPS) is 46.9. The molecule has 0 bridgehead atoms. The molecule has 0 aromatic heterocycles. The summed E-state index contributed by atoms with van der Waals surface area (Å²) in [5, 5.41) is 81.6. The van der Waals surface area contributed by atoms with E-state index in [9.17, 15) is 45.6 Å². The Bertz CT molecular complexity index is 544. The fourth-order valence-electron chi connectivity index (χ4n) is 3.22. The van der Waals surface area contributed by atoms with Gasteiger partial charge in [0.05, 0.1) is 12.6 Å². The molecule has 13 nitrogen and oxygen atoms in total. The summed E-state index contributed by atoms with van der Waals surface area (Å²) in [6, 6.07) is -2.55. The molecule has 14 heteroatoms. The van der Waals surface area contributed by atoms with Gasteiger partial charge < -0.3 is 61.4 Å². The molecule has 1 saturated heterocycles. The van der Waals surface area contributed by atoms with E-state index in [0.29, 0.717) is 0 Å². The third kappa shape index (κ3) is 5.00. The number of carbonyl (C=O) groups excluding carboxylic acids is 1. The van der Waals surface area contributed by atoms with Crippen LogP contribution in [0.25, 0.3) is 0 Å². The van der Waals surface area contributed by atoms with Crippen LogP contribution in [0.1, 0.15) is 0 Å². The number of aliphatic hydroxyl groups excluding tert-OH is 8. The van der Waals surface area contributed by atoms with Gasteiger partial charge in [0.1, 0.15) is 61.0 Å². The molecule has 0 aromatic rings. The quantitative estimate of drug-likeness (QED) is 0.172. The van der Waals surface area contributed by atoms with Gasteiger partial charge in [-0.3, -0.25) is 4.79 Å². The Morgan fingerprint density at radius 2 is 1.48 bits per heavy atom. The zero-order valence-corrected chi connectivity index (χ0v) is 16.1. The van der Waals surface area contributed by atoms with Crippen molar-refractivity contribution in [1.82, 2.24) is 5.32 Å². The van der Waals surface area contributed by atoms with Gasteiger partial charge in [0.25, 0.3) is 0 Å². The van der Waals surface area contributed by atoms with E-state index in [1.165, 1.54) is 0 Å². The molecule has 0 spiro atoms. The lowest BCUT2D eigenvalue weighted by Crippen LogP contribution is -2.69. The van der Waals surface area contributed by atoms with Gasteiger partial charge in [-0.2, -0.15) is 12.6 Å². The van der Waals surface area contributed by atoms with Crippen LogP contribution in [-0.2, 0) is 14.3 Å². The molecule has 0 radical (unpaired) electrons. The molecule has 1 amide bonds. The molecular weight excluding hydrogens is 416 g/mol. The molecular formula is C15H28N2O11S. The number of amides is 1. The van der Waals surface area contributed by atoms with E-state index in [4.69, 9.17) is 15.2 Å². The van der Waals surface area contributed by atoms with Crippen LogP contribution < -0.4 is 11.1 Å². The molecule has 1 saturated carbocycles. The van der Waals surface area contributed by atoms with Crippen molar-refractivity contribution in [3.63, 3.8) is 0 Å². The van der Waals surface area contributed by atoms with Gasteiger partial charge in [-0.25, -0.2) is 0 Å². The van der Waals surface area contributed by atoms with E-state index in [0.717, 1.165) is 0 Å². The average Bonchev–Trinajstić information content (AvgIpc) is 2.72. The summed E-state index contributed by atoms with van der Waals surface area (Å²) in [6.07, 6.45) is -17.4. The Morgan fingerprint density at radius 1 is 0.966 bits per heavy atom. The molecule has 1 aliphatic carbocycles. The lowest BCUT2D eigenvalue weighted by atomic mass is 9.84. The van der Waals surface area contributed by atoms with Crippen LogP contribution in [0.5, 0.6) is 0 Å². The summed E-state index contributed by atoms with van der Waals surface area (Å²) >= 11 is 3.88. The fourth-order valence-corrected chi connectivity index (χ4v) is 3.38. The number of carbonyl (C=O) groups is 1. The van der Waals surface area contributed by atoms with E-state index in [-0.39, 0.29) is 5.75 Å². The van der Waals surface area contributed by atoms with Crippen molar-refractivity contribution in [2.75, 3.05) is 12.4 Å². The van der Waals surface area contributed by atoms with Crippen LogP contribution in [0.3, 0.4) is 0 Å². The average molecular weight is 444 g/mol. The summed E-state index contributed by atoms with van der Waals surface area (Å²) in [7, 11) is 0. The van der Waals surface area contributed by atoms with E-state index in [2.05, 4.69) is 17.9 Å². The van der Waals surface area contributed by atoms with Gasteiger partial charge in [0.2, 0.25) is 5.91 Å². The third-order valence-electron chi connectivity index (χ3n) is 5.09. The molecule has 11 N–H and O–H groups in total. The van der Waals surface area contributed by atoms with Crippen molar-refractivity contribution in [2.24, 2.45) is 5.73 Å². The monoisotopic (exact) mass is 444 g/mol. The lowest BCUT2D eigenvalue weighted by Gasteiger charge is -2.47. The van der Waals surface area contributed by atoms with E-state index < -0.39 is 85.8 Å². The first kappa shape index (κ1) is 24.6. The van der Waals surface area contributed by atoms with E-state index in [1.807, 2.05) is 0 Å². The Balaban J connectivity index is 2.25. The van der Waals surface area contributed by atoms with Gasteiger partial charge in [-0.05, 0) is 0 Å². The third-order valence-corrected chi connectivity index (χ3v) is 5.48. The number of thiol groups is 1. The minimum atomic E-state index is -1.88. The first-order chi connectivity index (χ1) is 13.5. The number of hydrogen-bond acceptors (Lipinski definition) is 13. The van der Waals surface area contributed by atoms with Crippen molar-refractivity contribution in [3.8, 4) is 0 Å². The second kappa shape index (κ2) is 10.1. The van der Waals surface area contributed by atoms with Gasteiger partial charge >= 0.3 is 0 Å². The smallest absolute Gasteiger partial charge is 0.238 e. The molecule has 0 aromatic carbocycles. The lowest BCUT2D eigenvalue weighted by molar-refractivity contribution is -0.319. The highest BCUT2D eigenvalue weighted by molar-refractivity contribution is 7.80. The minimum absolute atomic E-state index is 0.0425. The first-order valence-corrected chi connectivity index (χ1v) is 9.53. The van der Waals surface area contributed by atoms with Crippen molar-refractivity contribution in [3.05, 3.63) is 0 Å². The highest BCUT2D eigenvalue weighted by Crippen LogP contribution is 2.29. The molecule has 29 heavy (non-hydrogen) atoms. The largest absolute Gasteiger partial charge is 0.394 e. The Morgan fingerprint density at radius 3 is 1.97 bits per heavy atom. The van der Waals surface area contributed by atoms with Crippen LogP contribution in [0, 0.1) is 0 Å². The Hall–Kier alpha value is -0.620. The number of nitrogens with two attached hydrogens (primary N) is 1. The summed E-state index contributed by atoms with van der Waals surface area (Å²) in [6.45, 7) is -0.741. The maximum Gasteiger partial charge on any atom is 0.238 e. The number of nitrogens with one attached hydrogen (secondary N) is 1. The fraction of sp³-hybridized carbons (Fsp3) is 0.933. The topological polar surface area (TPSA) is 235 Å². The van der Waals surface area contributed by atoms with Crippen LogP contribution >= 0.6 is 12.6 Å². The van der Waals surface area contributed by atoms with Crippen LogP contribution in [0.2, 0.25) is 0 Å². The van der Waals surface area contributed by atoms with E-state index in [1.54, 1.807) is 0 Å². The second-order valence-electron chi connectivity index (χ2n) is 7.08. The predicted octanol–water partition coefficient (Wildman–Crippen LogP) is -6.63. The zero-order chi connectivity index (χ0) is 22.0. The second-order valence-corrected chi connectivity index (χ2v) is 7.45. The molecule has 2 aliphatic rings. The van der Waals surface area contributed by atoms with E-state index >= 15 is 0 Å². The highest BCUT2D eigenvalue weighted by Gasteiger charge is 2.53. The minimum Gasteiger partial charge on any atom is -0.394 e. The molecule has 12 atom stereocenters. The molecule has 1 heterocycles. The van der Waals surface area contributed by atoms with Crippen molar-refractivity contribution in [2.45, 2.75) is 73.3 Å². The van der Waals surface area contributed by atoms with Gasteiger partial charge in [-0.15, -0.1) is 0 Å². The van der Waals surface area contributed by atoms with Gasteiger partial charge in [0.15, 0.2) is 6.29 Å². The van der Waals surface area contributed by atoms with Gasteiger partial charge in [0, 0.05) is 5.75 Å². The highest BCUT2D eigenvalue weighted by atomic mass is 32.1. The molecule has 2 rings (SSSR count).